The fraction of sp³-hybridized carbons (Fsp3) is 0.0714. The van der Waals surface area contributed by atoms with E-state index in [4.69, 9.17) is 10.3 Å². The van der Waals surface area contributed by atoms with E-state index in [1.807, 2.05) is 36.4 Å². The molecule has 94 valence electrons. The SMILES string of the molecule is Nc1ccc(-c2nc(Cc3ccncc3)no2)cc1. The smallest absolute Gasteiger partial charge is 0.257 e. The molecule has 3 rings (SSSR count). The van der Waals surface area contributed by atoms with E-state index in [0.29, 0.717) is 23.8 Å². The monoisotopic (exact) mass is 252 g/mol. The number of nitrogen functional groups attached to an aromatic ring is 1. The average Bonchev–Trinajstić information content (AvgIpc) is 2.89. The van der Waals surface area contributed by atoms with Crippen LogP contribution in [0.3, 0.4) is 0 Å². The number of nitrogens with zero attached hydrogens (tertiary/aromatic N) is 3. The number of aromatic nitrogens is 3. The minimum absolute atomic E-state index is 0.504. The van der Waals surface area contributed by atoms with E-state index < -0.39 is 0 Å². The molecule has 0 atom stereocenters. The van der Waals surface area contributed by atoms with Gasteiger partial charge in [-0.25, -0.2) is 0 Å². The van der Waals surface area contributed by atoms with Crippen molar-refractivity contribution < 1.29 is 4.52 Å². The summed E-state index contributed by atoms with van der Waals surface area (Å²) in [5.74, 6) is 1.15. The van der Waals surface area contributed by atoms with Crippen LogP contribution in [0.2, 0.25) is 0 Å². The highest BCUT2D eigenvalue weighted by Gasteiger charge is 2.08. The van der Waals surface area contributed by atoms with E-state index in [9.17, 15) is 0 Å². The Morgan fingerprint density at radius 2 is 1.74 bits per heavy atom. The summed E-state index contributed by atoms with van der Waals surface area (Å²) in [7, 11) is 0. The van der Waals surface area contributed by atoms with E-state index in [0.717, 1.165) is 11.1 Å². The molecule has 19 heavy (non-hydrogen) atoms. The zero-order chi connectivity index (χ0) is 13.1. The van der Waals surface area contributed by atoms with Crippen LogP contribution < -0.4 is 5.73 Å². The van der Waals surface area contributed by atoms with Gasteiger partial charge in [0.25, 0.3) is 5.89 Å². The molecule has 0 fully saturated rings. The molecule has 0 bridgehead atoms. The molecule has 0 amide bonds. The van der Waals surface area contributed by atoms with Gasteiger partial charge in [-0.3, -0.25) is 4.98 Å². The molecule has 2 heterocycles. The van der Waals surface area contributed by atoms with Crippen molar-refractivity contribution >= 4 is 5.69 Å². The van der Waals surface area contributed by atoms with Crippen LogP contribution in [-0.4, -0.2) is 15.1 Å². The van der Waals surface area contributed by atoms with Crippen LogP contribution in [0.15, 0.2) is 53.3 Å². The number of hydrogen-bond donors (Lipinski definition) is 1. The predicted octanol–water partition coefficient (Wildman–Crippen LogP) is 2.30. The Kier molecular flexibility index (Phi) is 2.94. The molecular weight excluding hydrogens is 240 g/mol. The van der Waals surface area contributed by atoms with E-state index in [2.05, 4.69) is 15.1 Å². The van der Waals surface area contributed by atoms with Gasteiger partial charge in [0.15, 0.2) is 5.82 Å². The van der Waals surface area contributed by atoms with Crippen molar-refractivity contribution in [3.05, 3.63) is 60.2 Å². The van der Waals surface area contributed by atoms with Crippen LogP contribution in [0.25, 0.3) is 11.5 Å². The molecule has 3 aromatic rings. The van der Waals surface area contributed by atoms with Crippen LogP contribution >= 0.6 is 0 Å². The molecule has 2 aromatic heterocycles. The van der Waals surface area contributed by atoms with Crippen molar-refractivity contribution in [1.29, 1.82) is 0 Å². The molecule has 0 aliphatic carbocycles. The Hall–Kier alpha value is -2.69. The fourth-order valence-electron chi connectivity index (χ4n) is 1.75. The Bertz CT molecular complexity index is 661. The van der Waals surface area contributed by atoms with Crippen molar-refractivity contribution in [2.24, 2.45) is 0 Å². The van der Waals surface area contributed by atoms with Crippen LogP contribution in [0, 0.1) is 0 Å². The average molecular weight is 252 g/mol. The Balaban J connectivity index is 1.82. The molecule has 5 heteroatoms. The summed E-state index contributed by atoms with van der Waals surface area (Å²) in [6.07, 6.45) is 4.12. The van der Waals surface area contributed by atoms with Gasteiger partial charge in [0.2, 0.25) is 0 Å². The first kappa shape index (κ1) is 11.4. The second-order valence-corrected chi connectivity index (χ2v) is 4.17. The summed E-state index contributed by atoms with van der Waals surface area (Å²) in [6, 6.07) is 11.2. The molecule has 5 nitrogen and oxygen atoms in total. The van der Waals surface area contributed by atoms with Gasteiger partial charge in [-0.2, -0.15) is 4.98 Å². The third-order valence-electron chi connectivity index (χ3n) is 2.74. The first-order valence-electron chi connectivity index (χ1n) is 5.89. The molecular formula is C14H12N4O. The van der Waals surface area contributed by atoms with Gasteiger partial charge < -0.3 is 10.3 Å². The van der Waals surface area contributed by atoms with Gasteiger partial charge in [0, 0.05) is 30.1 Å². The van der Waals surface area contributed by atoms with Crippen molar-refractivity contribution in [3.63, 3.8) is 0 Å². The highest BCUT2D eigenvalue weighted by molar-refractivity contribution is 5.56. The van der Waals surface area contributed by atoms with Crippen molar-refractivity contribution in [3.8, 4) is 11.5 Å². The number of nitrogens with two attached hydrogens (primary N) is 1. The van der Waals surface area contributed by atoms with Gasteiger partial charge in [0.1, 0.15) is 0 Å². The van der Waals surface area contributed by atoms with Crippen LogP contribution in [0.4, 0.5) is 5.69 Å². The van der Waals surface area contributed by atoms with Crippen molar-refractivity contribution in [2.75, 3.05) is 5.73 Å². The predicted molar refractivity (Wildman–Crippen MR) is 71.2 cm³/mol. The number of pyridine rings is 1. The summed E-state index contributed by atoms with van der Waals surface area (Å²) >= 11 is 0. The van der Waals surface area contributed by atoms with Gasteiger partial charge >= 0.3 is 0 Å². The molecule has 0 aliphatic rings. The lowest BCUT2D eigenvalue weighted by Gasteiger charge is -1.95. The van der Waals surface area contributed by atoms with E-state index >= 15 is 0 Å². The molecule has 0 aliphatic heterocycles. The van der Waals surface area contributed by atoms with Crippen LogP contribution in [0.5, 0.6) is 0 Å². The van der Waals surface area contributed by atoms with Crippen molar-refractivity contribution in [1.82, 2.24) is 15.1 Å². The minimum atomic E-state index is 0.504. The van der Waals surface area contributed by atoms with Gasteiger partial charge in [-0.05, 0) is 42.0 Å². The summed E-state index contributed by atoms with van der Waals surface area (Å²) < 4.78 is 5.25. The Morgan fingerprint density at radius 3 is 2.47 bits per heavy atom. The molecule has 1 aromatic carbocycles. The number of rotatable bonds is 3. The molecule has 0 saturated heterocycles. The normalized spacial score (nSPS) is 10.5. The lowest BCUT2D eigenvalue weighted by Crippen LogP contribution is -1.90. The highest BCUT2D eigenvalue weighted by Crippen LogP contribution is 2.19. The Labute approximate surface area is 110 Å². The standard InChI is InChI=1S/C14H12N4O/c15-12-3-1-11(2-4-12)14-17-13(18-19-14)9-10-5-7-16-8-6-10/h1-8H,9,15H2. The number of benzene rings is 1. The second kappa shape index (κ2) is 4.89. The first-order chi connectivity index (χ1) is 9.31. The molecule has 0 saturated carbocycles. The zero-order valence-corrected chi connectivity index (χ0v) is 10.2. The Morgan fingerprint density at radius 1 is 1.00 bits per heavy atom. The second-order valence-electron chi connectivity index (χ2n) is 4.17. The number of anilines is 1. The lowest BCUT2D eigenvalue weighted by molar-refractivity contribution is 0.424. The third kappa shape index (κ3) is 2.60. The van der Waals surface area contributed by atoms with Gasteiger partial charge in [0.05, 0.1) is 0 Å². The van der Waals surface area contributed by atoms with Crippen molar-refractivity contribution in [2.45, 2.75) is 6.42 Å². The molecule has 0 radical (unpaired) electrons. The maximum Gasteiger partial charge on any atom is 0.257 e. The molecule has 0 spiro atoms. The highest BCUT2D eigenvalue weighted by atomic mass is 16.5. The summed E-state index contributed by atoms with van der Waals surface area (Å²) in [5, 5.41) is 3.97. The third-order valence-corrected chi connectivity index (χ3v) is 2.74. The topological polar surface area (TPSA) is 77.8 Å². The summed E-state index contributed by atoms with van der Waals surface area (Å²) in [4.78, 5) is 8.34. The quantitative estimate of drug-likeness (QED) is 0.724. The molecule has 2 N–H and O–H groups in total. The molecule has 0 unspecified atom stereocenters. The van der Waals surface area contributed by atoms with E-state index in [1.165, 1.54) is 0 Å². The largest absolute Gasteiger partial charge is 0.399 e. The zero-order valence-electron chi connectivity index (χ0n) is 10.2. The maximum atomic E-state index is 5.64. The first-order valence-corrected chi connectivity index (χ1v) is 5.89. The van der Waals surface area contributed by atoms with E-state index in [1.54, 1.807) is 12.4 Å². The van der Waals surface area contributed by atoms with Crippen LogP contribution in [-0.2, 0) is 6.42 Å². The lowest BCUT2D eigenvalue weighted by atomic mass is 10.2. The summed E-state index contributed by atoms with van der Waals surface area (Å²) in [6.45, 7) is 0. The van der Waals surface area contributed by atoms with E-state index in [-0.39, 0.29) is 0 Å². The minimum Gasteiger partial charge on any atom is -0.399 e. The van der Waals surface area contributed by atoms with Crippen LogP contribution in [0.1, 0.15) is 11.4 Å². The summed E-state index contributed by atoms with van der Waals surface area (Å²) in [5.41, 5.74) is 8.31. The maximum absolute atomic E-state index is 5.64. The van der Waals surface area contributed by atoms with Gasteiger partial charge in [-0.1, -0.05) is 5.16 Å². The number of hydrogen-bond acceptors (Lipinski definition) is 5. The fourth-order valence-corrected chi connectivity index (χ4v) is 1.75. The van der Waals surface area contributed by atoms with Gasteiger partial charge in [-0.15, -0.1) is 0 Å².